The summed E-state index contributed by atoms with van der Waals surface area (Å²) in [6, 6.07) is 8.85. The molecule has 0 aromatic heterocycles. The zero-order valence-electron chi connectivity index (χ0n) is 8.28. The van der Waals surface area contributed by atoms with E-state index in [0.29, 0.717) is 25.2 Å². The van der Waals surface area contributed by atoms with Crippen LogP contribution in [0.25, 0.3) is 0 Å². The number of anilines is 1. The smallest absolute Gasteiger partial charge is 0.146 e. The van der Waals surface area contributed by atoms with Gasteiger partial charge in [-0.2, -0.15) is 5.26 Å². The number of halogens is 1. The third kappa shape index (κ3) is 1.99. The minimum Gasteiger partial charge on any atom is -0.365 e. The first kappa shape index (κ1) is 9.72. The van der Waals surface area contributed by atoms with E-state index in [1.165, 1.54) is 6.07 Å². The minimum absolute atomic E-state index is 0.202. The molecule has 0 aliphatic carbocycles. The molecule has 0 unspecified atom stereocenters. The van der Waals surface area contributed by atoms with Crippen molar-refractivity contribution >= 4 is 5.69 Å². The van der Waals surface area contributed by atoms with E-state index in [2.05, 4.69) is 6.07 Å². The fourth-order valence-electron chi connectivity index (χ4n) is 1.70. The van der Waals surface area contributed by atoms with Crippen LogP contribution in [0.2, 0.25) is 0 Å². The zero-order chi connectivity index (χ0) is 10.7. The van der Waals surface area contributed by atoms with Crippen LogP contribution in [-0.2, 0) is 0 Å². The molecule has 2 rings (SSSR count). The highest BCUT2D eigenvalue weighted by Crippen LogP contribution is 2.22. The summed E-state index contributed by atoms with van der Waals surface area (Å²) < 4.78 is 13.4. The van der Waals surface area contributed by atoms with E-state index in [9.17, 15) is 4.39 Å². The molecule has 2 nitrogen and oxygen atoms in total. The van der Waals surface area contributed by atoms with Crippen molar-refractivity contribution in [3.8, 4) is 6.07 Å². The Kier molecular flexibility index (Phi) is 2.68. The second-order valence-corrected chi connectivity index (χ2v) is 3.49. The molecule has 3 heteroatoms. The van der Waals surface area contributed by atoms with E-state index in [4.69, 9.17) is 5.26 Å². The highest BCUT2D eigenvalue weighted by molar-refractivity contribution is 5.50. The number of benzene rings is 1. The summed E-state index contributed by atoms with van der Waals surface area (Å²) in [5.41, 5.74) is 1.41. The van der Waals surface area contributed by atoms with Crippen LogP contribution in [0.15, 0.2) is 35.9 Å². The zero-order valence-corrected chi connectivity index (χ0v) is 8.28. The molecule has 1 aliphatic rings. The Labute approximate surface area is 88.2 Å². The molecule has 0 N–H and O–H groups in total. The van der Waals surface area contributed by atoms with Gasteiger partial charge in [-0.25, -0.2) is 4.39 Å². The van der Waals surface area contributed by atoms with E-state index in [-0.39, 0.29) is 5.82 Å². The standard InChI is InChI=1S/C12H11FN2/c13-11-3-1-2-4-12(11)15-7-5-10(9-14)6-8-15/h1-5H,6-8H2. The Morgan fingerprint density at radius 3 is 2.73 bits per heavy atom. The number of rotatable bonds is 1. The lowest BCUT2D eigenvalue weighted by atomic mass is 10.1. The fraction of sp³-hybridized carbons (Fsp3) is 0.250. The molecule has 1 aromatic carbocycles. The van der Waals surface area contributed by atoms with E-state index >= 15 is 0 Å². The molecular weight excluding hydrogens is 191 g/mol. The number of nitriles is 1. The molecule has 15 heavy (non-hydrogen) atoms. The first-order valence-corrected chi connectivity index (χ1v) is 4.90. The predicted molar refractivity (Wildman–Crippen MR) is 56.9 cm³/mol. The third-order valence-corrected chi connectivity index (χ3v) is 2.55. The van der Waals surface area contributed by atoms with Gasteiger partial charge in [-0.3, -0.25) is 0 Å². The molecule has 0 radical (unpaired) electrons. The molecule has 0 saturated heterocycles. The van der Waals surface area contributed by atoms with E-state index < -0.39 is 0 Å². The van der Waals surface area contributed by atoms with Crippen molar-refractivity contribution in [3.63, 3.8) is 0 Å². The number of para-hydroxylation sites is 1. The second kappa shape index (κ2) is 4.14. The van der Waals surface area contributed by atoms with Crippen LogP contribution in [0.5, 0.6) is 0 Å². The fourth-order valence-corrected chi connectivity index (χ4v) is 1.70. The van der Waals surface area contributed by atoms with E-state index in [1.807, 2.05) is 17.0 Å². The maximum Gasteiger partial charge on any atom is 0.146 e. The van der Waals surface area contributed by atoms with Crippen LogP contribution in [0, 0.1) is 17.1 Å². The monoisotopic (exact) mass is 202 g/mol. The van der Waals surface area contributed by atoms with Gasteiger partial charge in [0, 0.05) is 18.7 Å². The molecule has 1 aromatic rings. The molecule has 0 amide bonds. The van der Waals surface area contributed by atoms with Gasteiger partial charge in [-0.1, -0.05) is 18.2 Å². The SMILES string of the molecule is N#CC1=CCN(c2ccccc2F)CC1. The second-order valence-electron chi connectivity index (χ2n) is 3.49. The predicted octanol–water partition coefficient (Wildman–Crippen LogP) is 2.49. The van der Waals surface area contributed by atoms with Crippen molar-refractivity contribution < 1.29 is 4.39 Å². The van der Waals surface area contributed by atoms with Gasteiger partial charge in [0.1, 0.15) is 5.82 Å². The van der Waals surface area contributed by atoms with Crippen LogP contribution in [0.1, 0.15) is 6.42 Å². The quantitative estimate of drug-likeness (QED) is 0.699. The summed E-state index contributed by atoms with van der Waals surface area (Å²) in [5, 5.41) is 8.69. The highest BCUT2D eigenvalue weighted by Gasteiger charge is 2.14. The average molecular weight is 202 g/mol. The molecule has 0 fully saturated rings. The largest absolute Gasteiger partial charge is 0.365 e. The topological polar surface area (TPSA) is 27.0 Å². The molecule has 0 spiro atoms. The molecule has 0 bridgehead atoms. The summed E-state index contributed by atoms with van der Waals surface area (Å²) in [5.74, 6) is -0.202. The first-order valence-electron chi connectivity index (χ1n) is 4.90. The molecule has 0 atom stereocenters. The molecule has 1 heterocycles. The maximum absolute atomic E-state index is 13.4. The van der Waals surface area contributed by atoms with Gasteiger partial charge in [0.2, 0.25) is 0 Å². The lowest BCUT2D eigenvalue weighted by Crippen LogP contribution is -2.29. The number of hydrogen-bond donors (Lipinski definition) is 0. The molecule has 76 valence electrons. The van der Waals surface area contributed by atoms with Gasteiger partial charge in [0.05, 0.1) is 11.8 Å². The van der Waals surface area contributed by atoms with Gasteiger partial charge in [-0.05, 0) is 18.6 Å². The Bertz CT molecular complexity index is 431. The summed E-state index contributed by atoms with van der Waals surface area (Å²) in [4.78, 5) is 1.94. The van der Waals surface area contributed by atoms with Gasteiger partial charge < -0.3 is 4.90 Å². The third-order valence-electron chi connectivity index (χ3n) is 2.55. The summed E-state index contributed by atoms with van der Waals surface area (Å²) in [6.07, 6.45) is 2.56. The summed E-state index contributed by atoms with van der Waals surface area (Å²) >= 11 is 0. The summed E-state index contributed by atoms with van der Waals surface area (Å²) in [6.45, 7) is 1.32. The Morgan fingerprint density at radius 1 is 1.33 bits per heavy atom. The van der Waals surface area contributed by atoms with Gasteiger partial charge >= 0.3 is 0 Å². The highest BCUT2D eigenvalue weighted by atomic mass is 19.1. The van der Waals surface area contributed by atoms with Gasteiger partial charge in [-0.15, -0.1) is 0 Å². The van der Waals surface area contributed by atoms with Crippen LogP contribution < -0.4 is 4.90 Å². The van der Waals surface area contributed by atoms with Crippen molar-refractivity contribution in [2.45, 2.75) is 6.42 Å². The maximum atomic E-state index is 13.4. The Hall–Kier alpha value is -1.82. The van der Waals surface area contributed by atoms with Crippen LogP contribution in [-0.4, -0.2) is 13.1 Å². The van der Waals surface area contributed by atoms with E-state index in [1.54, 1.807) is 12.1 Å². The van der Waals surface area contributed by atoms with Gasteiger partial charge in [0.25, 0.3) is 0 Å². The van der Waals surface area contributed by atoms with Crippen molar-refractivity contribution in [2.75, 3.05) is 18.0 Å². The normalized spacial score (nSPS) is 15.7. The molecular formula is C12H11FN2. The van der Waals surface area contributed by atoms with Crippen molar-refractivity contribution in [3.05, 3.63) is 41.7 Å². The average Bonchev–Trinajstić information content (AvgIpc) is 2.30. The van der Waals surface area contributed by atoms with Gasteiger partial charge in [0.15, 0.2) is 0 Å². The Balaban J connectivity index is 2.19. The Morgan fingerprint density at radius 2 is 2.13 bits per heavy atom. The number of hydrogen-bond acceptors (Lipinski definition) is 2. The lowest BCUT2D eigenvalue weighted by Gasteiger charge is -2.26. The molecule has 0 saturated carbocycles. The van der Waals surface area contributed by atoms with Crippen molar-refractivity contribution in [2.24, 2.45) is 0 Å². The van der Waals surface area contributed by atoms with Crippen molar-refractivity contribution in [1.29, 1.82) is 5.26 Å². The van der Waals surface area contributed by atoms with Crippen molar-refractivity contribution in [1.82, 2.24) is 0 Å². The van der Waals surface area contributed by atoms with E-state index in [0.717, 1.165) is 5.57 Å². The lowest BCUT2D eigenvalue weighted by molar-refractivity contribution is 0.618. The summed E-state index contributed by atoms with van der Waals surface area (Å²) in [7, 11) is 0. The van der Waals surface area contributed by atoms with Crippen LogP contribution >= 0.6 is 0 Å². The minimum atomic E-state index is -0.202. The van der Waals surface area contributed by atoms with Crippen LogP contribution in [0.3, 0.4) is 0 Å². The number of nitrogens with zero attached hydrogens (tertiary/aromatic N) is 2. The molecule has 1 aliphatic heterocycles. The first-order chi connectivity index (χ1) is 7.31. The van der Waals surface area contributed by atoms with Crippen LogP contribution in [0.4, 0.5) is 10.1 Å².